The van der Waals surface area contributed by atoms with Crippen molar-refractivity contribution in [2.24, 2.45) is 0 Å². The molecule has 0 aliphatic carbocycles. The molecule has 0 bridgehead atoms. The van der Waals surface area contributed by atoms with Crippen LogP contribution >= 0.6 is 31.9 Å². The largest absolute Gasteiger partial charge is 0.452 e. The van der Waals surface area contributed by atoms with Crippen molar-refractivity contribution >= 4 is 43.8 Å². The van der Waals surface area contributed by atoms with Gasteiger partial charge >= 0.3 is 11.9 Å². The zero-order valence-electron chi connectivity index (χ0n) is 15.0. The lowest BCUT2D eigenvalue weighted by Crippen LogP contribution is -2.51. The fourth-order valence-electron chi connectivity index (χ4n) is 2.07. The fourth-order valence-corrected chi connectivity index (χ4v) is 2.97. The van der Waals surface area contributed by atoms with E-state index in [1.54, 1.807) is 64.1 Å². The second kappa shape index (κ2) is 7.92. The Kier molecular flexibility index (Phi) is 6.29. The highest BCUT2D eigenvalue weighted by atomic mass is 79.9. The van der Waals surface area contributed by atoms with E-state index in [9.17, 15) is 9.59 Å². The minimum atomic E-state index is -1.06. The fraction of sp³-hybridized carbons (Fsp3) is 0.300. The molecule has 0 unspecified atom stereocenters. The number of benzene rings is 2. The first-order chi connectivity index (χ1) is 12.0. The van der Waals surface area contributed by atoms with Crippen LogP contribution in [0.3, 0.4) is 0 Å². The molecule has 0 amide bonds. The Morgan fingerprint density at radius 1 is 0.692 bits per heavy atom. The summed E-state index contributed by atoms with van der Waals surface area (Å²) in [6, 6.07) is 14.0. The van der Waals surface area contributed by atoms with Crippen molar-refractivity contribution in [2.45, 2.75) is 38.9 Å². The number of ether oxygens (including phenoxy) is 2. The van der Waals surface area contributed by atoms with Gasteiger partial charge in [-0.2, -0.15) is 0 Å². The third-order valence-electron chi connectivity index (χ3n) is 4.33. The molecule has 0 N–H and O–H groups in total. The van der Waals surface area contributed by atoms with Crippen molar-refractivity contribution in [3.63, 3.8) is 0 Å². The van der Waals surface area contributed by atoms with E-state index in [-0.39, 0.29) is 0 Å². The van der Waals surface area contributed by atoms with Gasteiger partial charge < -0.3 is 9.47 Å². The minimum Gasteiger partial charge on any atom is -0.452 e. The van der Waals surface area contributed by atoms with Gasteiger partial charge in [0.05, 0.1) is 11.1 Å². The zero-order valence-corrected chi connectivity index (χ0v) is 18.2. The number of hydrogen-bond acceptors (Lipinski definition) is 4. The summed E-state index contributed by atoms with van der Waals surface area (Å²) in [5, 5.41) is 0. The van der Waals surface area contributed by atoms with Gasteiger partial charge in [0.1, 0.15) is 11.2 Å². The molecule has 0 atom stereocenters. The molecule has 4 nitrogen and oxygen atoms in total. The number of carbonyl (C=O) groups excluding carboxylic acids is 2. The van der Waals surface area contributed by atoms with Crippen LogP contribution in [0.15, 0.2) is 57.5 Å². The number of halogens is 2. The van der Waals surface area contributed by atoms with Gasteiger partial charge in [0.2, 0.25) is 0 Å². The van der Waals surface area contributed by atoms with E-state index < -0.39 is 23.1 Å². The van der Waals surface area contributed by atoms with Gasteiger partial charge in [0, 0.05) is 8.95 Å². The average molecular weight is 484 g/mol. The SMILES string of the molecule is CC(C)(OC(=O)c1ccccc1Br)C(C)(C)OC(=O)c1ccccc1Br. The van der Waals surface area contributed by atoms with Crippen LogP contribution in [0.5, 0.6) is 0 Å². The zero-order chi connectivity index (χ0) is 19.5. The molecule has 0 heterocycles. The molecule has 0 saturated carbocycles. The molecule has 0 spiro atoms. The molecule has 26 heavy (non-hydrogen) atoms. The van der Waals surface area contributed by atoms with Crippen LogP contribution in [-0.4, -0.2) is 23.1 Å². The number of esters is 2. The van der Waals surface area contributed by atoms with E-state index in [1.807, 2.05) is 12.1 Å². The van der Waals surface area contributed by atoms with Crippen molar-refractivity contribution in [3.8, 4) is 0 Å². The van der Waals surface area contributed by atoms with Crippen LogP contribution in [-0.2, 0) is 9.47 Å². The van der Waals surface area contributed by atoms with E-state index in [4.69, 9.17) is 9.47 Å². The van der Waals surface area contributed by atoms with Crippen LogP contribution in [0.1, 0.15) is 48.4 Å². The first-order valence-corrected chi connectivity index (χ1v) is 9.59. The van der Waals surface area contributed by atoms with Crippen molar-refractivity contribution < 1.29 is 19.1 Å². The van der Waals surface area contributed by atoms with Gasteiger partial charge in [0.15, 0.2) is 0 Å². The van der Waals surface area contributed by atoms with Gasteiger partial charge in [0.25, 0.3) is 0 Å². The van der Waals surface area contributed by atoms with Crippen LogP contribution in [0.4, 0.5) is 0 Å². The summed E-state index contributed by atoms with van der Waals surface area (Å²) >= 11 is 6.68. The monoisotopic (exact) mass is 482 g/mol. The molecule has 2 rings (SSSR count). The molecule has 0 radical (unpaired) electrons. The van der Waals surface area contributed by atoms with Crippen molar-refractivity contribution in [2.75, 3.05) is 0 Å². The summed E-state index contributed by atoms with van der Waals surface area (Å²) in [6.07, 6.45) is 0. The molecule has 0 aromatic heterocycles. The van der Waals surface area contributed by atoms with Crippen molar-refractivity contribution in [3.05, 3.63) is 68.6 Å². The predicted molar refractivity (Wildman–Crippen MR) is 107 cm³/mol. The highest BCUT2D eigenvalue weighted by Crippen LogP contribution is 2.32. The molecule has 6 heteroatoms. The molecular weight excluding hydrogens is 464 g/mol. The maximum Gasteiger partial charge on any atom is 0.339 e. The van der Waals surface area contributed by atoms with E-state index in [0.717, 1.165) is 0 Å². The van der Waals surface area contributed by atoms with Gasteiger partial charge in [-0.3, -0.25) is 0 Å². The third-order valence-corrected chi connectivity index (χ3v) is 5.72. The molecule has 2 aromatic carbocycles. The van der Waals surface area contributed by atoms with E-state index in [1.165, 1.54) is 0 Å². The lowest BCUT2D eigenvalue weighted by atomic mass is 9.88. The van der Waals surface area contributed by atoms with Gasteiger partial charge in [-0.25, -0.2) is 9.59 Å². The van der Waals surface area contributed by atoms with Crippen molar-refractivity contribution in [1.29, 1.82) is 0 Å². The lowest BCUT2D eigenvalue weighted by Gasteiger charge is -2.40. The highest BCUT2D eigenvalue weighted by Gasteiger charge is 2.44. The van der Waals surface area contributed by atoms with E-state index in [0.29, 0.717) is 20.1 Å². The van der Waals surface area contributed by atoms with Crippen LogP contribution in [0.25, 0.3) is 0 Å². The Labute approximate surface area is 170 Å². The van der Waals surface area contributed by atoms with Crippen molar-refractivity contribution in [1.82, 2.24) is 0 Å². The number of carbonyl (C=O) groups is 2. The average Bonchev–Trinajstić information content (AvgIpc) is 2.54. The van der Waals surface area contributed by atoms with E-state index in [2.05, 4.69) is 31.9 Å². The highest BCUT2D eigenvalue weighted by molar-refractivity contribution is 9.10. The minimum absolute atomic E-state index is 0.411. The summed E-state index contributed by atoms with van der Waals surface area (Å²) in [6.45, 7) is 6.87. The van der Waals surface area contributed by atoms with Gasteiger partial charge in [-0.05, 0) is 83.8 Å². The maximum atomic E-state index is 12.5. The molecule has 2 aromatic rings. The number of hydrogen-bond donors (Lipinski definition) is 0. The predicted octanol–water partition coefficient (Wildman–Crippen LogP) is 5.78. The van der Waals surface area contributed by atoms with Gasteiger partial charge in [-0.15, -0.1) is 0 Å². The smallest absolute Gasteiger partial charge is 0.339 e. The first kappa shape index (κ1) is 20.6. The Morgan fingerprint density at radius 2 is 1.00 bits per heavy atom. The third kappa shape index (κ3) is 4.54. The normalized spacial score (nSPS) is 11.8. The Morgan fingerprint density at radius 3 is 1.31 bits per heavy atom. The van der Waals surface area contributed by atoms with Crippen LogP contribution < -0.4 is 0 Å². The Hall–Kier alpha value is -1.66. The first-order valence-electron chi connectivity index (χ1n) is 8.01. The second-order valence-electron chi connectivity index (χ2n) is 6.76. The summed E-state index contributed by atoms with van der Waals surface area (Å²) in [4.78, 5) is 25.1. The summed E-state index contributed by atoms with van der Waals surface area (Å²) < 4.78 is 12.6. The Bertz CT molecular complexity index is 759. The summed E-state index contributed by atoms with van der Waals surface area (Å²) in [5.74, 6) is -0.986. The van der Waals surface area contributed by atoms with Crippen LogP contribution in [0.2, 0.25) is 0 Å². The lowest BCUT2D eigenvalue weighted by molar-refractivity contribution is -0.124. The molecular formula is C20H20Br2O4. The second-order valence-corrected chi connectivity index (χ2v) is 8.47. The molecule has 0 saturated heterocycles. The molecule has 0 aliphatic heterocycles. The van der Waals surface area contributed by atoms with Crippen LogP contribution in [0, 0.1) is 0 Å². The Balaban J connectivity index is 2.18. The topological polar surface area (TPSA) is 52.6 Å². The molecule has 0 fully saturated rings. The number of rotatable bonds is 5. The summed E-state index contributed by atoms with van der Waals surface area (Å²) in [5.41, 5.74) is -1.30. The maximum absolute atomic E-state index is 12.5. The quantitative estimate of drug-likeness (QED) is 0.505. The van der Waals surface area contributed by atoms with Gasteiger partial charge in [-0.1, -0.05) is 24.3 Å². The standard InChI is InChI=1S/C20H20Br2O4/c1-19(2,25-17(23)13-9-5-7-11-15(13)21)20(3,4)26-18(24)14-10-6-8-12-16(14)22/h5-12H,1-4H3. The molecule has 0 aliphatic rings. The molecule has 138 valence electrons. The van der Waals surface area contributed by atoms with E-state index >= 15 is 0 Å². The summed E-state index contributed by atoms with van der Waals surface area (Å²) in [7, 11) is 0.